The second-order valence-electron chi connectivity index (χ2n) is 4.80. The van der Waals surface area contributed by atoms with Gasteiger partial charge in [0, 0.05) is 17.0 Å². The van der Waals surface area contributed by atoms with Gasteiger partial charge in [0.05, 0.1) is 0 Å². The second-order valence-corrected chi connectivity index (χ2v) is 5.24. The van der Waals surface area contributed by atoms with E-state index in [-0.39, 0.29) is 5.78 Å². The van der Waals surface area contributed by atoms with Crippen molar-refractivity contribution in [3.63, 3.8) is 0 Å². The quantitative estimate of drug-likeness (QED) is 0.733. The molecule has 0 saturated heterocycles. The van der Waals surface area contributed by atoms with Crippen molar-refractivity contribution in [1.29, 1.82) is 0 Å². The van der Waals surface area contributed by atoms with Crippen LogP contribution in [0.4, 0.5) is 0 Å². The van der Waals surface area contributed by atoms with Crippen LogP contribution in [0, 0.1) is 13.8 Å². The molecule has 2 heteroatoms. The van der Waals surface area contributed by atoms with Crippen LogP contribution in [-0.2, 0) is 6.42 Å². The minimum absolute atomic E-state index is 0.196. The van der Waals surface area contributed by atoms with Gasteiger partial charge < -0.3 is 0 Å². The van der Waals surface area contributed by atoms with Crippen molar-refractivity contribution in [2.75, 3.05) is 0 Å². The fourth-order valence-corrected chi connectivity index (χ4v) is 2.35. The molecule has 98 valence electrons. The molecule has 0 amide bonds. The van der Waals surface area contributed by atoms with Gasteiger partial charge in [-0.1, -0.05) is 41.9 Å². The van der Waals surface area contributed by atoms with Crippen molar-refractivity contribution in [2.45, 2.75) is 26.7 Å². The lowest BCUT2D eigenvalue weighted by atomic mass is 9.96. The average molecular weight is 273 g/mol. The van der Waals surface area contributed by atoms with E-state index in [0.29, 0.717) is 6.42 Å². The van der Waals surface area contributed by atoms with Crippen LogP contribution < -0.4 is 0 Å². The van der Waals surface area contributed by atoms with Crippen LogP contribution in [-0.4, -0.2) is 5.78 Å². The van der Waals surface area contributed by atoms with Gasteiger partial charge in [0.2, 0.25) is 0 Å². The molecule has 2 aromatic carbocycles. The summed E-state index contributed by atoms with van der Waals surface area (Å²) in [5.41, 5.74) is 4.18. The standard InChI is InChI=1S/C17H17ClO/c1-12-5-3-8-16(13(12)2)17(19)10-9-14-6-4-7-15(18)11-14/h3-8,11H,9-10H2,1-2H3. The smallest absolute Gasteiger partial charge is 0.163 e. The first-order chi connectivity index (χ1) is 9.08. The predicted molar refractivity (Wildman–Crippen MR) is 80.0 cm³/mol. The minimum atomic E-state index is 0.196. The molecule has 0 bridgehead atoms. The lowest BCUT2D eigenvalue weighted by Gasteiger charge is -2.07. The zero-order chi connectivity index (χ0) is 13.8. The Morgan fingerprint density at radius 3 is 2.58 bits per heavy atom. The molecule has 0 radical (unpaired) electrons. The van der Waals surface area contributed by atoms with E-state index in [1.165, 1.54) is 0 Å². The van der Waals surface area contributed by atoms with Crippen LogP contribution in [0.5, 0.6) is 0 Å². The zero-order valence-electron chi connectivity index (χ0n) is 11.2. The van der Waals surface area contributed by atoms with Crippen LogP contribution in [0.1, 0.15) is 33.5 Å². The fraction of sp³-hybridized carbons (Fsp3) is 0.235. The Morgan fingerprint density at radius 2 is 1.84 bits per heavy atom. The first-order valence-corrected chi connectivity index (χ1v) is 6.79. The number of aryl methyl sites for hydroxylation is 2. The summed E-state index contributed by atoms with van der Waals surface area (Å²) in [5.74, 6) is 0.196. The monoisotopic (exact) mass is 272 g/mol. The van der Waals surface area contributed by atoms with Crippen molar-refractivity contribution < 1.29 is 4.79 Å². The first-order valence-electron chi connectivity index (χ1n) is 6.42. The molecule has 0 aliphatic carbocycles. The van der Waals surface area contributed by atoms with E-state index in [9.17, 15) is 4.79 Å². The summed E-state index contributed by atoms with van der Waals surface area (Å²) in [5, 5.41) is 0.719. The summed E-state index contributed by atoms with van der Waals surface area (Å²) in [6.07, 6.45) is 1.25. The van der Waals surface area contributed by atoms with Crippen LogP contribution in [0.3, 0.4) is 0 Å². The van der Waals surface area contributed by atoms with Crippen LogP contribution in [0.2, 0.25) is 5.02 Å². The minimum Gasteiger partial charge on any atom is -0.294 e. The van der Waals surface area contributed by atoms with Crippen molar-refractivity contribution >= 4 is 17.4 Å². The normalized spacial score (nSPS) is 10.5. The van der Waals surface area contributed by atoms with Crippen molar-refractivity contribution in [3.8, 4) is 0 Å². The molecule has 0 aromatic heterocycles. The van der Waals surface area contributed by atoms with E-state index >= 15 is 0 Å². The summed E-state index contributed by atoms with van der Waals surface area (Å²) >= 11 is 5.94. The summed E-state index contributed by atoms with van der Waals surface area (Å²) in [6.45, 7) is 4.03. The number of halogens is 1. The number of carbonyl (C=O) groups excluding carboxylic acids is 1. The number of carbonyl (C=O) groups is 1. The highest BCUT2D eigenvalue weighted by Gasteiger charge is 2.10. The first kappa shape index (κ1) is 13.8. The Labute approximate surface area is 119 Å². The van der Waals surface area contributed by atoms with E-state index in [0.717, 1.165) is 33.7 Å². The highest BCUT2D eigenvalue weighted by molar-refractivity contribution is 6.30. The number of benzene rings is 2. The Hall–Kier alpha value is -1.60. The third kappa shape index (κ3) is 3.45. The van der Waals surface area contributed by atoms with E-state index in [1.54, 1.807) is 0 Å². The molecular weight excluding hydrogens is 256 g/mol. The number of ketones is 1. The topological polar surface area (TPSA) is 17.1 Å². The second kappa shape index (κ2) is 6.03. The molecule has 0 aliphatic rings. The maximum absolute atomic E-state index is 12.2. The third-order valence-electron chi connectivity index (χ3n) is 3.43. The highest BCUT2D eigenvalue weighted by atomic mass is 35.5. The Morgan fingerprint density at radius 1 is 1.11 bits per heavy atom. The Bertz CT molecular complexity index is 602. The fourth-order valence-electron chi connectivity index (χ4n) is 2.14. The van der Waals surface area contributed by atoms with Gasteiger partial charge >= 0.3 is 0 Å². The molecule has 2 rings (SSSR count). The molecule has 0 unspecified atom stereocenters. The van der Waals surface area contributed by atoms with Crippen molar-refractivity contribution in [1.82, 2.24) is 0 Å². The largest absolute Gasteiger partial charge is 0.294 e. The zero-order valence-corrected chi connectivity index (χ0v) is 12.0. The number of Topliss-reactive ketones (excluding diaryl/α,β-unsaturated/α-hetero) is 1. The third-order valence-corrected chi connectivity index (χ3v) is 3.67. The van der Waals surface area contributed by atoms with Crippen LogP contribution >= 0.6 is 11.6 Å². The van der Waals surface area contributed by atoms with Crippen LogP contribution in [0.25, 0.3) is 0 Å². The Kier molecular flexibility index (Phi) is 4.39. The number of hydrogen-bond donors (Lipinski definition) is 0. The van der Waals surface area contributed by atoms with Gasteiger partial charge in [-0.25, -0.2) is 0 Å². The summed E-state index contributed by atoms with van der Waals surface area (Å²) < 4.78 is 0. The van der Waals surface area contributed by atoms with E-state index in [2.05, 4.69) is 0 Å². The van der Waals surface area contributed by atoms with Gasteiger partial charge in [0.15, 0.2) is 5.78 Å². The number of rotatable bonds is 4. The predicted octanol–water partition coefficient (Wildman–Crippen LogP) is 4.77. The molecule has 0 aliphatic heterocycles. The van der Waals surface area contributed by atoms with Crippen molar-refractivity contribution in [2.24, 2.45) is 0 Å². The molecule has 0 spiro atoms. The van der Waals surface area contributed by atoms with E-state index in [4.69, 9.17) is 11.6 Å². The molecular formula is C17H17ClO. The molecule has 0 atom stereocenters. The van der Waals surface area contributed by atoms with E-state index < -0.39 is 0 Å². The lowest BCUT2D eigenvalue weighted by molar-refractivity contribution is 0.0982. The lowest BCUT2D eigenvalue weighted by Crippen LogP contribution is -2.04. The molecule has 1 nitrogen and oxygen atoms in total. The van der Waals surface area contributed by atoms with Gasteiger partial charge in [0.25, 0.3) is 0 Å². The van der Waals surface area contributed by atoms with E-state index in [1.807, 2.05) is 56.3 Å². The van der Waals surface area contributed by atoms with Gasteiger partial charge in [-0.15, -0.1) is 0 Å². The average Bonchev–Trinajstić information content (AvgIpc) is 2.39. The van der Waals surface area contributed by atoms with Crippen LogP contribution in [0.15, 0.2) is 42.5 Å². The van der Waals surface area contributed by atoms with Crippen molar-refractivity contribution in [3.05, 3.63) is 69.7 Å². The molecule has 2 aromatic rings. The summed E-state index contributed by atoms with van der Waals surface area (Å²) in [4.78, 5) is 12.2. The maximum atomic E-state index is 12.2. The Balaban J connectivity index is 2.08. The van der Waals surface area contributed by atoms with Gasteiger partial charge in [-0.05, 0) is 49.1 Å². The molecule has 0 saturated carbocycles. The van der Waals surface area contributed by atoms with Gasteiger partial charge in [-0.2, -0.15) is 0 Å². The maximum Gasteiger partial charge on any atom is 0.163 e. The SMILES string of the molecule is Cc1cccc(C(=O)CCc2cccc(Cl)c2)c1C. The molecule has 0 heterocycles. The molecule has 0 N–H and O–H groups in total. The summed E-state index contributed by atoms with van der Waals surface area (Å²) in [7, 11) is 0. The number of hydrogen-bond acceptors (Lipinski definition) is 1. The van der Waals surface area contributed by atoms with Gasteiger partial charge in [0.1, 0.15) is 0 Å². The molecule has 19 heavy (non-hydrogen) atoms. The van der Waals surface area contributed by atoms with Gasteiger partial charge in [-0.3, -0.25) is 4.79 Å². The molecule has 0 fully saturated rings. The summed E-state index contributed by atoms with van der Waals surface area (Å²) in [6, 6.07) is 13.6. The highest BCUT2D eigenvalue weighted by Crippen LogP contribution is 2.17.